The number of aryl methyl sites for hydroxylation is 1. The predicted octanol–water partition coefficient (Wildman–Crippen LogP) is 4.24. The van der Waals surface area contributed by atoms with Crippen LogP contribution in [-0.2, 0) is 7.05 Å². The molecule has 22 heavy (non-hydrogen) atoms. The van der Waals surface area contributed by atoms with E-state index >= 15 is 0 Å². The van der Waals surface area contributed by atoms with Crippen molar-refractivity contribution in [2.75, 3.05) is 0 Å². The minimum absolute atomic E-state index is 0.383. The van der Waals surface area contributed by atoms with Crippen molar-refractivity contribution in [2.24, 2.45) is 7.05 Å². The predicted molar refractivity (Wildman–Crippen MR) is 89.9 cm³/mol. The molecule has 1 N–H and O–H groups in total. The summed E-state index contributed by atoms with van der Waals surface area (Å²) < 4.78 is 2.14. The Hall–Kier alpha value is -2.62. The first-order valence-electron chi connectivity index (χ1n) is 7.53. The fraction of sp³-hybridized carbons (Fsp3) is 0.222. The van der Waals surface area contributed by atoms with Crippen molar-refractivity contribution in [3.63, 3.8) is 0 Å². The second kappa shape index (κ2) is 4.70. The van der Waals surface area contributed by atoms with Gasteiger partial charge in [0.1, 0.15) is 0 Å². The minimum Gasteiger partial charge on any atom is -0.351 e. The Balaban J connectivity index is 2.00. The maximum Gasteiger partial charge on any atom is 0.181 e. The molecular formula is C18H18N4. The highest BCUT2D eigenvalue weighted by atomic mass is 15.1. The molecule has 0 aliphatic heterocycles. The van der Waals surface area contributed by atoms with Crippen molar-refractivity contribution in [3.05, 3.63) is 48.4 Å². The van der Waals surface area contributed by atoms with Crippen LogP contribution in [0.4, 0.5) is 0 Å². The molecular weight excluding hydrogens is 272 g/mol. The van der Waals surface area contributed by atoms with Gasteiger partial charge in [-0.2, -0.15) is 5.10 Å². The van der Waals surface area contributed by atoms with Gasteiger partial charge in [0.15, 0.2) is 5.65 Å². The van der Waals surface area contributed by atoms with Crippen LogP contribution in [0, 0.1) is 0 Å². The number of H-pyrrole nitrogens is 1. The fourth-order valence-electron chi connectivity index (χ4n) is 3.08. The number of benzene rings is 1. The summed E-state index contributed by atoms with van der Waals surface area (Å²) in [6, 6.07) is 10.8. The van der Waals surface area contributed by atoms with Crippen molar-refractivity contribution in [1.82, 2.24) is 19.7 Å². The molecule has 0 aliphatic carbocycles. The summed E-state index contributed by atoms with van der Waals surface area (Å²) in [7, 11) is 2.07. The number of nitrogens with one attached hydrogen (secondary N) is 1. The van der Waals surface area contributed by atoms with E-state index < -0.39 is 0 Å². The zero-order valence-electron chi connectivity index (χ0n) is 13.0. The van der Waals surface area contributed by atoms with Gasteiger partial charge in [-0.1, -0.05) is 19.9 Å². The Kier molecular flexibility index (Phi) is 2.79. The molecule has 0 amide bonds. The number of hydrogen-bond acceptors (Lipinski definition) is 2. The molecule has 0 atom stereocenters. The van der Waals surface area contributed by atoms with Crippen LogP contribution in [-0.4, -0.2) is 19.7 Å². The van der Waals surface area contributed by atoms with Crippen LogP contribution in [0.5, 0.6) is 0 Å². The summed E-state index contributed by atoms with van der Waals surface area (Å²) in [4.78, 5) is 4.39. The molecule has 0 bridgehead atoms. The maximum atomic E-state index is 4.39. The third-order valence-electron chi connectivity index (χ3n) is 4.26. The zero-order valence-corrected chi connectivity index (χ0v) is 13.0. The second-order valence-corrected chi connectivity index (χ2v) is 6.05. The Morgan fingerprint density at radius 3 is 2.82 bits per heavy atom. The van der Waals surface area contributed by atoms with Gasteiger partial charge in [0.2, 0.25) is 0 Å². The molecule has 4 nitrogen and oxygen atoms in total. The van der Waals surface area contributed by atoms with Gasteiger partial charge in [-0.3, -0.25) is 5.10 Å². The minimum atomic E-state index is 0.383. The van der Waals surface area contributed by atoms with E-state index in [-0.39, 0.29) is 0 Å². The Bertz CT molecular complexity index is 975. The summed E-state index contributed by atoms with van der Waals surface area (Å²) in [5.41, 5.74) is 5.56. The van der Waals surface area contributed by atoms with Crippen LogP contribution in [0.1, 0.15) is 25.5 Å². The highest BCUT2D eigenvalue weighted by Crippen LogP contribution is 2.33. The van der Waals surface area contributed by atoms with E-state index in [1.807, 2.05) is 6.20 Å². The highest BCUT2D eigenvalue weighted by molar-refractivity contribution is 5.97. The second-order valence-electron chi connectivity index (χ2n) is 6.05. The van der Waals surface area contributed by atoms with E-state index in [9.17, 15) is 0 Å². The summed E-state index contributed by atoms with van der Waals surface area (Å²) in [6.45, 7) is 4.34. The van der Waals surface area contributed by atoms with Crippen molar-refractivity contribution in [3.8, 4) is 11.1 Å². The van der Waals surface area contributed by atoms with Gasteiger partial charge in [0.05, 0.1) is 0 Å². The number of rotatable bonds is 2. The summed E-state index contributed by atoms with van der Waals surface area (Å²) in [6.07, 6.45) is 3.92. The van der Waals surface area contributed by atoms with Crippen molar-refractivity contribution in [1.29, 1.82) is 0 Å². The molecule has 1 aromatic carbocycles. The van der Waals surface area contributed by atoms with E-state index in [1.165, 1.54) is 22.0 Å². The molecule has 0 spiro atoms. The molecule has 0 radical (unpaired) electrons. The molecule has 0 unspecified atom stereocenters. The van der Waals surface area contributed by atoms with Crippen LogP contribution in [0.2, 0.25) is 0 Å². The largest absolute Gasteiger partial charge is 0.351 e. The standard InChI is InChI=1S/C18H18N4/c1-11(2)17-16-14(6-8-19-18(16)21-20-17)12-4-5-15-13(10-12)7-9-22(15)3/h4-11H,1-3H3,(H,19,20,21). The summed E-state index contributed by atoms with van der Waals surface area (Å²) in [5, 5.41) is 9.88. The normalized spacial score (nSPS) is 11.8. The van der Waals surface area contributed by atoms with E-state index in [4.69, 9.17) is 0 Å². The average Bonchev–Trinajstić information content (AvgIpc) is 3.11. The summed E-state index contributed by atoms with van der Waals surface area (Å²) in [5.74, 6) is 0.383. The molecule has 0 saturated heterocycles. The lowest BCUT2D eigenvalue weighted by Crippen LogP contribution is -1.90. The Morgan fingerprint density at radius 1 is 1.14 bits per heavy atom. The van der Waals surface area contributed by atoms with Crippen LogP contribution >= 0.6 is 0 Å². The Labute approximate surface area is 128 Å². The highest BCUT2D eigenvalue weighted by Gasteiger charge is 2.15. The molecule has 4 rings (SSSR count). The number of aromatic nitrogens is 4. The summed E-state index contributed by atoms with van der Waals surface area (Å²) >= 11 is 0. The molecule has 3 aromatic heterocycles. The fourth-order valence-corrected chi connectivity index (χ4v) is 3.08. The first-order valence-corrected chi connectivity index (χ1v) is 7.53. The van der Waals surface area contributed by atoms with Gasteiger partial charge in [-0.05, 0) is 41.3 Å². The lowest BCUT2D eigenvalue weighted by Gasteiger charge is -2.08. The average molecular weight is 290 g/mol. The van der Waals surface area contributed by atoms with Gasteiger partial charge in [-0.15, -0.1) is 0 Å². The number of fused-ring (bicyclic) bond motifs is 2. The van der Waals surface area contributed by atoms with E-state index in [0.717, 1.165) is 16.7 Å². The maximum absolute atomic E-state index is 4.39. The van der Waals surface area contributed by atoms with Gasteiger partial charge >= 0.3 is 0 Å². The third-order valence-corrected chi connectivity index (χ3v) is 4.26. The van der Waals surface area contributed by atoms with Crippen molar-refractivity contribution in [2.45, 2.75) is 19.8 Å². The molecule has 4 heteroatoms. The van der Waals surface area contributed by atoms with Gasteiger partial charge in [-0.25, -0.2) is 4.98 Å². The van der Waals surface area contributed by atoms with Crippen molar-refractivity contribution < 1.29 is 0 Å². The lowest BCUT2D eigenvalue weighted by atomic mass is 9.98. The SMILES string of the molecule is CC(C)c1[nH]nc2nccc(-c3ccc4c(ccn4C)c3)c12. The van der Waals surface area contributed by atoms with Gasteiger partial charge < -0.3 is 4.57 Å². The van der Waals surface area contributed by atoms with Gasteiger partial charge in [0, 0.05) is 41.4 Å². The monoisotopic (exact) mass is 290 g/mol. The number of nitrogens with zero attached hydrogens (tertiary/aromatic N) is 3. The molecule has 0 aliphatic rings. The van der Waals surface area contributed by atoms with E-state index in [2.05, 4.69) is 77.2 Å². The molecule has 0 fully saturated rings. The Morgan fingerprint density at radius 2 is 2.00 bits per heavy atom. The number of hydrogen-bond donors (Lipinski definition) is 1. The molecule has 3 heterocycles. The van der Waals surface area contributed by atoms with Crippen LogP contribution < -0.4 is 0 Å². The smallest absolute Gasteiger partial charge is 0.181 e. The zero-order chi connectivity index (χ0) is 15.3. The number of pyridine rings is 1. The van der Waals surface area contributed by atoms with Gasteiger partial charge in [0.25, 0.3) is 0 Å². The first-order chi connectivity index (χ1) is 10.6. The van der Waals surface area contributed by atoms with Crippen molar-refractivity contribution >= 4 is 21.9 Å². The first kappa shape index (κ1) is 13.1. The quantitative estimate of drug-likeness (QED) is 0.600. The van der Waals surface area contributed by atoms with Crippen LogP contribution in [0.25, 0.3) is 33.1 Å². The number of aromatic amines is 1. The van der Waals surface area contributed by atoms with Crippen LogP contribution in [0.15, 0.2) is 42.7 Å². The van der Waals surface area contributed by atoms with E-state index in [1.54, 1.807) is 0 Å². The van der Waals surface area contributed by atoms with E-state index in [0.29, 0.717) is 5.92 Å². The molecule has 4 aromatic rings. The van der Waals surface area contributed by atoms with Crippen LogP contribution in [0.3, 0.4) is 0 Å². The topological polar surface area (TPSA) is 46.5 Å². The lowest BCUT2D eigenvalue weighted by molar-refractivity contribution is 0.817. The molecule has 110 valence electrons. The molecule has 0 saturated carbocycles. The third kappa shape index (κ3) is 1.84.